The Kier molecular flexibility index (Phi) is 4.49. The van der Waals surface area contributed by atoms with E-state index < -0.39 is 5.78 Å². The minimum atomic E-state index is -0.418. The fraction of sp³-hybridized carbons (Fsp3) is 0. The summed E-state index contributed by atoms with van der Waals surface area (Å²) in [7, 11) is 0. The molecule has 3 nitrogen and oxygen atoms in total. The second kappa shape index (κ2) is 5.66. The van der Waals surface area contributed by atoms with Gasteiger partial charge >= 0.3 is 0 Å². The van der Waals surface area contributed by atoms with E-state index in [9.17, 15) is 4.79 Å². The van der Waals surface area contributed by atoms with Gasteiger partial charge in [-0.3, -0.25) is 4.79 Å². The summed E-state index contributed by atoms with van der Waals surface area (Å²) in [4.78, 5) is 15.9. The predicted molar refractivity (Wildman–Crippen MR) is 71.3 cm³/mol. The van der Waals surface area contributed by atoms with E-state index in [1.807, 2.05) is 0 Å². The molecule has 0 atom stereocenters. The molecule has 5 heteroatoms. The average Bonchev–Trinajstić information content (AvgIpc) is 2.24. The second-order valence-corrected chi connectivity index (χ2v) is 4.03. The standard InChI is InChI=1S/C12H10Cl2N2O/c1-3-4-9(7(2)13)12(17)11-10(15)5-8(14)6-16-11/h3-6H,1-2,15H2/b9-4+. The van der Waals surface area contributed by atoms with E-state index in [0.717, 1.165) is 0 Å². The molecule has 0 saturated carbocycles. The fourth-order valence-corrected chi connectivity index (χ4v) is 1.49. The van der Waals surface area contributed by atoms with Crippen LogP contribution in [-0.4, -0.2) is 10.8 Å². The first-order valence-electron chi connectivity index (χ1n) is 4.60. The minimum Gasteiger partial charge on any atom is -0.397 e. The Morgan fingerprint density at radius 3 is 2.65 bits per heavy atom. The summed E-state index contributed by atoms with van der Waals surface area (Å²) in [6.07, 6.45) is 4.23. The second-order valence-electron chi connectivity index (χ2n) is 3.14. The first kappa shape index (κ1) is 13.5. The molecule has 0 spiro atoms. The zero-order valence-electron chi connectivity index (χ0n) is 8.91. The highest BCUT2D eigenvalue weighted by atomic mass is 35.5. The van der Waals surface area contributed by atoms with Gasteiger partial charge in [0.05, 0.1) is 10.7 Å². The van der Waals surface area contributed by atoms with Crippen molar-refractivity contribution >= 4 is 34.7 Å². The summed E-state index contributed by atoms with van der Waals surface area (Å²) in [6.45, 7) is 7.00. The number of nitrogen functional groups attached to an aromatic ring is 1. The lowest BCUT2D eigenvalue weighted by Crippen LogP contribution is -2.09. The zero-order valence-corrected chi connectivity index (χ0v) is 10.4. The highest BCUT2D eigenvalue weighted by Gasteiger charge is 2.17. The molecule has 0 aromatic carbocycles. The minimum absolute atomic E-state index is 0.0873. The monoisotopic (exact) mass is 268 g/mol. The van der Waals surface area contributed by atoms with Gasteiger partial charge in [-0.15, -0.1) is 0 Å². The molecule has 0 amide bonds. The molecule has 0 aliphatic heterocycles. The lowest BCUT2D eigenvalue weighted by molar-refractivity contribution is 0.103. The van der Waals surface area contributed by atoms with Crippen LogP contribution in [0.3, 0.4) is 0 Å². The maximum absolute atomic E-state index is 12.1. The summed E-state index contributed by atoms with van der Waals surface area (Å²) in [5.41, 5.74) is 6.14. The number of allylic oxidation sites excluding steroid dienone is 4. The molecule has 88 valence electrons. The molecule has 2 N–H and O–H groups in total. The van der Waals surface area contributed by atoms with Gasteiger partial charge in [0.1, 0.15) is 5.69 Å². The van der Waals surface area contributed by atoms with Gasteiger partial charge in [-0.2, -0.15) is 0 Å². The summed E-state index contributed by atoms with van der Waals surface area (Å²) in [5, 5.41) is 0.462. The number of carbonyl (C=O) groups is 1. The van der Waals surface area contributed by atoms with Crippen molar-refractivity contribution in [3.63, 3.8) is 0 Å². The highest BCUT2D eigenvalue weighted by molar-refractivity contribution is 6.36. The Labute approximate surface area is 109 Å². The van der Waals surface area contributed by atoms with E-state index in [4.69, 9.17) is 28.9 Å². The van der Waals surface area contributed by atoms with Gasteiger partial charge in [0, 0.05) is 16.8 Å². The molecule has 1 aromatic heterocycles. The summed E-state index contributed by atoms with van der Waals surface area (Å²) in [5.74, 6) is -0.418. The van der Waals surface area contributed by atoms with Crippen molar-refractivity contribution in [2.24, 2.45) is 0 Å². The number of rotatable bonds is 4. The summed E-state index contributed by atoms with van der Waals surface area (Å²) in [6, 6.07) is 1.45. The van der Waals surface area contributed by atoms with E-state index in [1.165, 1.54) is 24.4 Å². The van der Waals surface area contributed by atoms with Crippen LogP contribution < -0.4 is 5.73 Å². The first-order valence-corrected chi connectivity index (χ1v) is 5.36. The molecule has 1 heterocycles. The Hall–Kier alpha value is -1.58. The van der Waals surface area contributed by atoms with Crippen molar-refractivity contribution in [3.8, 4) is 0 Å². The fourth-order valence-electron chi connectivity index (χ4n) is 1.18. The zero-order chi connectivity index (χ0) is 13.0. The van der Waals surface area contributed by atoms with Crippen molar-refractivity contribution in [2.45, 2.75) is 0 Å². The molecular weight excluding hydrogens is 259 g/mol. The first-order chi connectivity index (χ1) is 7.97. The van der Waals surface area contributed by atoms with Gasteiger partial charge in [-0.05, 0) is 6.07 Å². The lowest BCUT2D eigenvalue weighted by Gasteiger charge is -2.06. The Balaban J connectivity index is 3.24. The average molecular weight is 269 g/mol. The van der Waals surface area contributed by atoms with Crippen molar-refractivity contribution < 1.29 is 4.79 Å². The molecule has 1 rings (SSSR count). The third kappa shape index (κ3) is 3.19. The Morgan fingerprint density at radius 1 is 1.53 bits per heavy atom. The molecule has 0 aliphatic carbocycles. The number of halogens is 2. The maximum Gasteiger partial charge on any atom is 0.214 e. The van der Waals surface area contributed by atoms with Crippen LogP contribution in [-0.2, 0) is 0 Å². The van der Waals surface area contributed by atoms with Crippen LogP contribution in [0.5, 0.6) is 0 Å². The van der Waals surface area contributed by atoms with Crippen LogP contribution in [0, 0.1) is 0 Å². The molecule has 0 unspecified atom stereocenters. The van der Waals surface area contributed by atoms with Gasteiger partial charge in [0.15, 0.2) is 0 Å². The van der Waals surface area contributed by atoms with Crippen molar-refractivity contribution in [1.82, 2.24) is 4.98 Å². The van der Waals surface area contributed by atoms with Crippen molar-refractivity contribution in [3.05, 3.63) is 58.9 Å². The van der Waals surface area contributed by atoms with E-state index in [0.29, 0.717) is 5.02 Å². The number of Topliss-reactive ketones (excluding diaryl/α,β-unsaturated/α-hetero) is 1. The Morgan fingerprint density at radius 2 is 2.18 bits per heavy atom. The number of nitrogens with two attached hydrogens (primary N) is 1. The van der Waals surface area contributed by atoms with Crippen LogP contribution in [0.4, 0.5) is 5.69 Å². The lowest BCUT2D eigenvalue weighted by atomic mass is 10.1. The number of pyridine rings is 1. The number of hydrogen-bond acceptors (Lipinski definition) is 3. The molecule has 17 heavy (non-hydrogen) atoms. The number of nitrogens with zero attached hydrogens (tertiary/aromatic N) is 1. The number of aromatic nitrogens is 1. The van der Waals surface area contributed by atoms with E-state index in [2.05, 4.69) is 18.1 Å². The van der Waals surface area contributed by atoms with Crippen LogP contribution in [0.15, 0.2) is 48.2 Å². The molecular formula is C12H10Cl2N2O. The van der Waals surface area contributed by atoms with Gasteiger partial charge < -0.3 is 5.73 Å². The number of ketones is 1. The van der Waals surface area contributed by atoms with E-state index in [1.54, 1.807) is 0 Å². The SMILES string of the molecule is C=C/C=C(\C(=C)Cl)C(=O)c1ncc(Cl)cc1N. The molecule has 0 saturated heterocycles. The highest BCUT2D eigenvalue weighted by Crippen LogP contribution is 2.22. The van der Waals surface area contributed by atoms with Crippen LogP contribution in [0.2, 0.25) is 5.02 Å². The normalized spacial score (nSPS) is 11.1. The van der Waals surface area contributed by atoms with E-state index >= 15 is 0 Å². The van der Waals surface area contributed by atoms with E-state index in [-0.39, 0.29) is 22.0 Å². The van der Waals surface area contributed by atoms with Gasteiger partial charge in [0.25, 0.3) is 0 Å². The molecule has 0 fully saturated rings. The maximum atomic E-state index is 12.1. The number of hydrogen-bond donors (Lipinski definition) is 1. The summed E-state index contributed by atoms with van der Waals surface area (Å²) < 4.78 is 0. The molecule has 0 radical (unpaired) electrons. The van der Waals surface area contributed by atoms with Gasteiger partial charge in [0.2, 0.25) is 5.78 Å². The third-order valence-corrected chi connectivity index (χ3v) is 2.33. The third-order valence-electron chi connectivity index (χ3n) is 1.92. The van der Waals surface area contributed by atoms with Gasteiger partial charge in [-0.1, -0.05) is 48.5 Å². The number of anilines is 1. The topological polar surface area (TPSA) is 56.0 Å². The quantitative estimate of drug-likeness (QED) is 0.518. The number of carbonyl (C=O) groups excluding carboxylic acids is 1. The van der Waals surface area contributed by atoms with Crippen molar-refractivity contribution in [2.75, 3.05) is 5.73 Å². The predicted octanol–water partition coefficient (Wildman–Crippen LogP) is 3.36. The largest absolute Gasteiger partial charge is 0.397 e. The van der Waals surface area contributed by atoms with Crippen LogP contribution in [0.1, 0.15) is 10.5 Å². The van der Waals surface area contributed by atoms with Gasteiger partial charge in [-0.25, -0.2) is 4.98 Å². The molecule has 0 aliphatic rings. The smallest absolute Gasteiger partial charge is 0.214 e. The van der Waals surface area contributed by atoms with Crippen molar-refractivity contribution in [1.29, 1.82) is 0 Å². The summed E-state index contributed by atoms with van der Waals surface area (Å²) >= 11 is 11.4. The molecule has 0 bridgehead atoms. The van der Waals surface area contributed by atoms with Crippen LogP contribution >= 0.6 is 23.2 Å². The Bertz CT molecular complexity index is 521. The van der Waals surface area contributed by atoms with Crippen LogP contribution in [0.25, 0.3) is 0 Å². The molecule has 1 aromatic rings.